The molecule has 4 aromatic rings. The summed E-state index contributed by atoms with van der Waals surface area (Å²) in [4.78, 5) is 26.0. The van der Waals surface area contributed by atoms with Crippen molar-refractivity contribution < 1.29 is 4.39 Å². The van der Waals surface area contributed by atoms with E-state index in [1.807, 2.05) is 19.1 Å². The zero-order valence-corrected chi connectivity index (χ0v) is 17.2. The molecule has 5 nitrogen and oxygen atoms in total. The van der Waals surface area contributed by atoms with E-state index in [-0.39, 0.29) is 11.4 Å². The second kappa shape index (κ2) is 7.49. The number of nitrogens with zero attached hydrogens (tertiary/aromatic N) is 4. The van der Waals surface area contributed by atoms with Crippen LogP contribution in [0.1, 0.15) is 11.3 Å². The van der Waals surface area contributed by atoms with Crippen molar-refractivity contribution in [1.29, 1.82) is 0 Å². The standard InChI is InChI=1S/C18H12BrFN4OS2/c1-10-2-5-13(7-21-10)24-17(25)15-16(22-9-27-15)23-18(24)26-8-11-3-4-12(20)6-14(11)19/h2-7,9H,8H2,1H3. The number of thioether (sulfide) groups is 1. The highest BCUT2D eigenvalue weighted by Crippen LogP contribution is 2.28. The van der Waals surface area contributed by atoms with Crippen LogP contribution in [-0.4, -0.2) is 19.5 Å². The van der Waals surface area contributed by atoms with Crippen LogP contribution in [0, 0.1) is 12.7 Å². The van der Waals surface area contributed by atoms with Gasteiger partial charge in [0.25, 0.3) is 5.56 Å². The Morgan fingerprint density at radius 1 is 1.26 bits per heavy atom. The Kier molecular flexibility index (Phi) is 5.07. The van der Waals surface area contributed by atoms with Gasteiger partial charge in [-0.15, -0.1) is 11.3 Å². The summed E-state index contributed by atoms with van der Waals surface area (Å²) < 4.78 is 16.0. The molecule has 0 amide bonds. The Morgan fingerprint density at radius 3 is 2.85 bits per heavy atom. The quantitative estimate of drug-likeness (QED) is 0.323. The molecule has 0 bridgehead atoms. The number of thiazole rings is 1. The van der Waals surface area contributed by atoms with Gasteiger partial charge in [-0.05, 0) is 36.8 Å². The molecule has 0 aliphatic rings. The highest BCUT2D eigenvalue weighted by atomic mass is 79.9. The van der Waals surface area contributed by atoms with Crippen LogP contribution < -0.4 is 5.56 Å². The fraction of sp³-hybridized carbons (Fsp3) is 0.111. The molecule has 1 aromatic carbocycles. The number of fused-ring (bicyclic) bond motifs is 1. The predicted molar refractivity (Wildman–Crippen MR) is 109 cm³/mol. The number of halogens is 2. The fourth-order valence-corrected chi connectivity index (χ4v) is 4.83. The molecule has 27 heavy (non-hydrogen) atoms. The van der Waals surface area contributed by atoms with Gasteiger partial charge in [-0.2, -0.15) is 0 Å². The van der Waals surface area contributed by atoms with Crippen molar-refractivity contribution in [3.8, 4) is 5.69 Å². The van der Waals surface area contributed by atoms with E-state index >= 15 is 0 Å². The van der Waals surface area contributed by atoms with Crippen LogP contribution in [0.3, 0.4) is 0 Å². The summed E-state index contributed by atoms with van der Waals surface area (Å²) in [5, 5.41) is 0.514. The molecule has 9 heteroatoms. The van der Waals surface area contributed by atoms with Gasteiger partial charge in [-0.1, -0.05) is 33.8 Å². The molecule has 0 atom stereocenters. The number of benzene rings is 1. The third-order valence-corrected chi connectivity index (χ3v) is 6.39. The molecule has 0 N–H and O–H groups in total. The van der Waals surface area contributed by atoms with E-state index in [0.717, 1.165) is 11.3 Å². The molecule has 0 unspecified atom stereocenters. The summed E-state index contributed by atoms with van der Waals surface area (Å²) in [7, 11) is 0. The molecule has 0 radical (unpaired) electrons. The summed E-state index contributed by atoms with van der Waals surface area (Å²) in [6, 6.07) is 8.24. The van der Waals surface area contributed by atoms with Crippen molar-refractivity contribution >= 4 is 49.4 Å². The first kappa shape index (κ1) is 18.3. The minimum Gasteiger partial charge on any atom is -0.267 e. The van der Waals surface area contributed by atoms with E-state index in [4.69, 9.17) is 0 Å². The molecule has 0 saturated carbocycles. The van der Waals surface area contributed by atoms with Crippen molar-refractivity contribution in [3.63, 3.8) is 0 Å². The molecule has 3 aromatic heterocycles. The van der Waals surface area contributed by atoms with Gasteiger partial charge >= 0.3 is 0 Å². The Labute approximate surface area is 170 Å². The van der Waals surface area contributed by atoms with Crippen LogP contribution in [0.15, 0.2) is 56.5 Å². The van der Waals surface area contributed by atoms with Gasteiger partial charge in [0.1, 0.15) is 10.5 Å². The Hall–Kier alpha value is -2.10. The normalized spacial score (nSPS) is 11.2. The lowest BCUT2D eigenvalue weighted by Gasteiger charge is -2.12. The monoisotopic (exact) mass is 462 g/mol. The highest BCUT2D eigenvalue weighted by Gasteiger charge is 2.16. The van der Waals surface area contributed by atoms with Crippen LogP contribution in [0.5, 0.6) is 0 Å². The minimum absolute atomic E-state index is 0.172. The zero-order chi connectivity index (χ0) is 19.0. The van der Waals surface area contributed by atoms with Crippen molar-refractivity contribution in [3.05, 3.63) is 73.9 Å². The van der Waals surface area contributed by atoms with Gasteiger partial charge in [-0.3, -0.25) is 14.3 Å². The van der Waals surface area contributed by atoms with Crippen LogP contribution in [0.2, 0.25) is 0 Å². The largest absolute Gasteiger partial charge is 0.278 e. The van der Waals surface area contributed by atoms with Crippen molar-refractivity contribution in [1.82, 2.24) is 19.5 Å². The first-order chi connectivity index (χ1) is 13.0. The number of hydrogen-bond acceptors (Lipinski definition) is 6. The predicted octanol–water partition coefficient (Wildman–Crippen LogP) is 4.74. The maximum atomic E-state index is 13.3. The third-order valence-electron chi connectivity index (χ3n) is 3.86. The van der Waals surface area contributed by atoms with Gasteiger partial charge < -0.3 is 0 Å². The number of hydrogen-bond donors (Lipinski definition) is 0. The van der Waals surface area contributed by atoms with Gasteiger partial charge in [0, 0.05) is 15.9 Å². The van der Waals surface area contributed by atoms with Gasteiger partial charge in [-0.25, -0.2) is 14.4 Å². The molecule has 0 aliphatic carbocycles. The molecule has 4 rings (SSSR count). The molecule has 0 aliphatic heterocycles. The molecule has 3 heterocycles. The maximum absolute atomic E-state index is 13.3. The summed E-state index contributed by atoms with van der Waals surface area (Å²) in [5.74, 6) is 0.211. The molecular weight excluding hydrogens is 451 g/mol. The summed E-state index contributed by atoms with van der Waals surface area (Å²) in [6.07, 6.45) is 1.66. The molecular formula is C18H12BrFN4OS2. The molecule has 0 spiro atoms. The first-order valence-electron chi connectivity index (χ1n) is 7.89. The van der Waals surface area contributed by atoms with Crippen LogP contribution in [0.4, 0.5) is 4.39 Å². The van der Waals surface area contributed by atoms with Gasteiger partial charge in [0.15, 0.2) is 10.8 Å². The Balaban J connectivity index is 1.79. The molecule has 136 valence electrons. The fourth-order valence-electron chi connectivity index (χ4n) is 2.49. The molecule has 0 saturated heterocycles. The average Bonchev–Trinajstić information content (AvgIpc) is 3.11. The highest BCUT2D eigenvalue weighted by molar-refractivity contribution is 9.10. The van der Waals surface area contributed by atoms with E-state index in [2.05, 4.69) is 30.9 Å². The van der Waals surface area contributed by atoms with E-state index < -0.39 is 0 Å². The number of rotatable bonds is 4. The van der Waals surface area contributed by atoms with E-state index in [1.165, 1.54) is 35.2 Å². The SMILES string of the molecule is Cc1ccc(-n2c(SCc3ccc(F)cc3Br)nc3ncsc3c2=O)cn1. The number of pyridine rings is 1. The Morgan fingerprint density at radius 2 is 2.11 bits per heavy atom. The lowest BCUT2D eigenvalue weighted by atomic mass is 10.2. The summed E-state index contributed by atoms with van der Waals surface area (Å²) in [5.41, 5.74) is 4.29. The second-order valence-electron chi connectivity index (χ2n) is 5.72. The number of aryl methyl sites for hydroxylation is 1. The van der Waals surface area contributed by atoms with Crippen molar-refractivity contribution in [2.24, 2.45) is 0 Å². The molecule has 0 fully saturated rings. The van der Waals surface area contributed by atoms with E-state index in [0.29, 0.717) is 31.4 Å². The van der Waals surface area contributed by atoms with Crippen molar-refractivity contribution in [2.45, 2.75) is 17.8 Å². The lowest BCUT2D eigenvalue weighted by molar-refractivity contribution is 0.626. The van der Waals surface area contributed by atoms with Gasteiger partial charge in [0.2, 0.25) is 0 Å². The number of aromatic nitrogens is 4. The summed E-state index contributed by atoms with van der Waals surface area (Å²) in [6.45, 7) is 1.89. The maximum Gasteiger partial charge on any atom is 0.278 e. The van der Waals surface area contributed by atoms with E-state index in [1.54, 1.807) is 22.3 Å². The first-order valence-corrected chi connectivity index (χ1v) is 10.5. The van der Waals surface area contributed by atoms with Crippen LogP contribution >= 0.6 is 39.0 Å². The topological polar surface area (TPSA) is 60.7 Å². The smallest absolute Gasteiger partial charge is 0.267 e. The zero-order valence-electron chi connectivity index (χ0n) is 14.0. The second-order valence-corrected chi connectivity index (χ2v) is 8.37. The van der Waals surface area contributed by atoms with Crippen LogP contribution in [0.25, 0.3) is 16.0 Å². The van der Waals surface area contributed by atoms with Crippen LogP contribution in [-0.2, 0) is 5.75 Å². The minimum atomic E-state index is -0.305. The lowest BCUT2D eigenvalue weighted by Crippen LogP contribution is -2.21. The Bertz CT molecular complexity index is 1190. The third kappa shape index (κ3) is 3.67. The van der Waals surface area contributed by atoms with Gasteiger partial charge in [0.05, 0.1) is 17.4 Å². The van der Waals surface area contributed by atoms with E-state index in [9.17, 15) is 9.18 Å². The average molecular weight is 463 g/mol. The summed E-state index contributed by atoms with van der Waals surface area (Å²) >= 11 is 6.03. The van der Waals surface area contributed by atoms with Crippen molar-refractivity contribution in [2.75, 3.05) is 0 Å².